The molecule has 36 heavy (non-hydrogen) atoms. The van der Waals surface area contributed by atoms with Crippen LogP contribution in [-0.4, -0.2) is 29.5 Å². The van der Waals surface area contributed by atoms with Crippen molar-refractivity contribution in [1.82, 2.24) is 29.5 Å². The Bertz CT molecular complexity index is 1690. The second-order valence-electron chi connectivity index (χ2n) is 9.00. The van der Waals surface area contributed by atoms with Crippen molar-refractivity contribution < 1.29 is 4.74 Å². The number of hydrogen-bond acceptors (Lipinski definition) is 6. The highest BCUT2D eigenvalue weighted by Gasteiger charge is 2.28. The smallest absolute Gasteiger partial charge is 0.219 e. The highest BCUT2D eigenvalue weighted by molar-refractivity contribution is 5.92. The largest absolute Gasteiger partial charge is 0.439 e. The fourth-order valence-corrected chi connectivity index (χ4v) is 4.69. The van der Waals surface area contributed by atoms with E-state index < -0.39 is 0 Å². The van der Waals surface area contributed by atoms with Gasteiger partial charge < -0.3 is 4.74 Å². The molecule has 6 aromatic rings. The first-order chi connectivity index (χ1) is 17.8. The van der Waals surface area contributed by atoms with Gasteiger partial charge in [-0.25, -0.2) is 19.5 Å². The second kappa shape index (κ2) is 8.53. The molecule has 1 aliphatic carbocycles. The van der Waals surface area contributed by atoms with Crippen LogP contribution in [0, 0.1) is 0 Å². The molecule has 0 radical (unpaired) electrons. The molecule has 0 bridgehead atoms. The molecule has 0 N–H and O–H groups in total. The lowest BCUT2D eigenvalue weighted by Gasteiger charge is -2.23. The molecule has 1 saturated carbocycles. The number of pyridine rings is 2. The summed E-state index contributed by atoms with van der Waals surface area (Å²) in [5.74, 6) is 2.69. The third kappa shape index (κ3) is 3.56. The third-order valence-electron chi connectivity index (χ3n) is 6.74. The van der Waals surface area contributed by atoms with Gasteiger partial charge in [0.15, 0.2) is 0 Å². The Labute approximate surface area is 207 Å². The van der Waals surface area contributed by atoms with Gasteiger partial charge in [-0.05, 0) is 49.2 Å². The van der Waals surface area contributed by atoms with Crippen LogP contribution in [-0.2, 0) is 0 Å². The number of hydrogen-bond donors (Lipinski definition) is 0. The van der Waals surface area contributed by atoms with Crippen LogP contribution in [0.3, 0.4) is 0 Å². The van der Waals surface area contributed by atoms with E-state index in [1.165, 1.54) is 6.42 Å². The van der Waals surface area contributed by atoms with Gasteiger partial charge in [0.2, 0.25) is 5.88 Å². The van der Waals surface area contributed by atoms with Gasteiger partial charge in [-0.2, -0.15) is 5.10 Å². The number of aromatic nitrogens is 6. The highest BCUT2D eigenvalue weighted by atomic mass is 16.5. The summed E-state index contributed by atoms with van der Waals surface area (Å²) < 4.78 is 7.94. The zero-order chi connectivity index (χ0) is 23.9. The van der Waals surface area contributed by atoms with E-state index in [1.807, 2.05) is 65.2 Å². The number of imidazole rings is 1. The molecule has 0 atom stereocenters. The summed E-state index contributed by atoms with van der Waals surface area (Å²) in [7, 11) is 0. The molecule has 4 heterocycles. The van der Waals surface area contributed by atoms with Crippen molar-refractivity contribution in [2.75, 3.05) is 0 Å². The third-order valence-corrected chi connectivity index (χ3v) is 6.74. The lowest BCUT2D eigenvalue weighted by Crippen LogP contribution is -2.13. The van der Waals surface area contributed by atoms with E-state index >= 15 is 0 Å². The minimum atomic E-state index is 0.405. The fourth-order valence-electron chi connectivity index (χ4n) is 4.69. The summed E-state index contributed by atoms with van der Waals surface area (Å²) in [5.41, 5.74) is 5.08. The zero-order valence-corrected chi connectivity index (χ0v) is 19.5. The Balaban J connectivity index is 1.39. The second-order valence-corrected chi connectivity index (χ2v) is 9.00. The van der Waals surface area contributed by atoms with E-state index in [9.17, 15) is 0 Å². The van der Waals surface area contributed by atoms with Gasteiger partial charge in [0.1, 0.15) is 34.8 Å². The van der Waals surface area contributed by atoms with Crippen molar-refractivity contribution in [3.63, 3.8) is 0 Å². The summed E-state index contributed by atoms with van der Waals surface area (Å²) in [5, 5.41) is 5.65. The van der Waals surface area contributed by atoms with E-state index in [4.69, 9.17) is 14.7 Å². The molecule has 0 spiro atoms. The van der Waals surface area contributed by atoms with E-state index in [2.05, 4.69) is 33.3 Å². The number of nitrogens with zero attached hydrogens (tertiary/aromatic N) is 6. The summed E-state index contributed by atoms with van der Waals surface area (Å²) >= 11 is 0. The molecule has 7 nitrogen and oxygen atoms in total. The summed E-state index contributed by atoms with van der Waals surface area (Å²) in [6.45, 7) is 0. The van der Waals surface area contributed by atoms with Crippen LogP contribution in [0.4, 0.5) is 0 Å². The predicted octanol–water partition coefficient (Wildman–Crippen LogP) is 6.46. The Morgan fingerprint density at radius 1 is 0.806 bits per heavy atom. The standard InChI is InChI=1S/C29H22N6O/c1-2-9-22(10-3-1)36-25-15-14-19-12-13-21(17-24(19)33-25)26-28-27(23-11-4-5-16-30-23)31-18-32-35(28)29(34-26)20-7-6-8-20/h1-5,9-18,20H,6-8H2. The van der Waals surface area contributed by atoms with Gasteiger partial charge in [-0.15, -0.1) is 0 Å². The number of benzene rings is 2. The van der Waals surface area contributed by atoms with E-state index in [1.54, 1.807) is 12.5 Å². The topological polar surface area (TPSA) is 78.1 Å². The van der Waals surface area contributed by atoms with Crippen molar-refractivity contribution in [3.8, 4) is 34.3 Å². The average Bonchev–Trinajstić information content (AvgIpc) is 3.28. The quantitative estimate of drug-likeness (QED) is 0.288. The summed E-state index contributed by atoms with van der Waals surface area (Å²) in [6.07, 6.45) is 6.85. The zero-order valence-electron chi connectivity index (χ0n) is 19.5. The molecule has 0 unspecified atom stereocenters. The summed E-state index contributed by atoms with van der Waals surface area (Å²) in [4.78, 5) is 19.1. The van der Waals surface area contributed by atoms with Gasteiger partial charge in [-0.1, -0.05) is 42.8 Å². The summed E-state index contributed by atoms with van der Waals surface area (Å²) in [6, 6.07) is 25.7. The molecule has 1 aliphatic rings. The minimum Gasteiger partial charge on any atom is -0.439 e. The van der Waals surface area contributed by atoms with Crippen LogP contribution >= 0.6 is 0 Å². The number of ether oxygens (including phenoxy) is 1. The first kappa shape index (κ1) is 20.7. The van der Waals surface area contributed by atoms with E-state index in [-0.39, 0.29) is 0 Å². The molecule has 7 rings (SSSR count). The monoisotopic (exact) mass is 470 g/mol. The van der Waals surface area contributed by atoms with E-state index in [0.717, 1.165) is 63.5 Å². The van der Waals surface area contributed by atoms with Crippen molar-refractivity contribution >= 4 is 16.4 Å². The number of rotatable bonds is 5. The highest BCUT2D eigenvalue weighted by Crippen LogP contribution is 2.40. The number of fused-ring (bicyclic) bond motifs is 2. The molecular formula is C29H22N6O. The van der Waals surface area contributed by atoms with Crippen molar-refractivity contribution in [2.45, 2.75) is 25.2 Å². The van der Waals surface area contributed by atoms with Crippen molar-refractivity contribution in [3.05, 3.63) is 97.2 Å². The molecular weight excluding hydrogens is 448 g/mol. The van der Waals surface area contributed by atoms with Crippen LogP contribution < -0.4 is 4.74 Å². The molecule has 1 fully saturated rings. The molecule has 4 aromatic heterocycles. The maximum Gasteiger partial charge on any atom is 0.219 e. The molecule has 0 amide bonds. The maximum absolute atomic E-state index is 5.98. The Hall–Kier alpha value is -4.65. The van der Waals surface area contributed by atoms with E-state index in [0.29, 0.717) is 11.8 Å². The first-order valence-electron chi connectivity index (χ1n) is 12.1. The molecule has 0 aliphatic heterocycles. The van der Waals surface area contributed by atoms with Crippen LogP contribution in [0.1, 0.15) is 31.0 Å². The van der Waals surface area contributed by atoms with Gasteiger partial charge in [-0.3, -0.25) is 4.98 Å². The van der Waals surface area contributed by atoms with Crippen LogP contribution in [0.25, 0.3) is 39.1 Å². The Kier molecular flexibility index (Phi) is 4.91. The maximum atomic E-state index is 5.98. The fraction of sp³-hybridized carbons (Fsp3) is 0.138. The normalized spacial score (nSPS) is 13.7. The molecule has 0 saturated heterocycles. The van der Waals surface area contributed by atoms with Crippen LogP contribution in [0.5, 0.6) is 11.6 Å². The van der Waals surface area contributed by atoms with Crippen LogP contribution in [0.15, 0.2) is 91.4 Å². The molecule has 2 aromatic carbocycles. The molecule has 7 heteroatoms. The van der Waals surface area contributed by atoms with Gasteiger partial charge in [0.05, 0.1) is 11.2 Å². The van der Waals surface area contributed by atoms with Gasteiger partial charge in [0.25, 0.3) is 0 Å². The average molecular weight is 471 g/mol. The Morgan fingerprint density at radius 2 is 1.67 bits per heavy atom. The first-order valence-corrected chi connectivity index (χ1v) is 12.1. The SMILES string of the molecule is c1ccc(Oc2ccc3ccc(-c4nc(C5CCC5)n5ncnc(-c6ccccn6)c45)cc3n2)cc1. The number of para-hydroxylation sites is 1. The minimum absolute atomic E-state index is 0.405. The Morgan fingerprint density at radius 3 is 2.47 bits per heavy atom. The van der Waals surface area contributed by atoms with Gasteiger partial charge in [0, 0.05) is 29.1 Å². The lowest BCUT2D eigenvalue weighted by atomic mass is 9.85. The van der Waals surface area contributed by atoms with Crippen LogP contribution in [0.2, 0.25) is 0 Å². The van der Waals surface area contributed by atoms with Gasteiger partial charge >= 0.3 is 0 Å². The van der Waals surface area contributed by atoms with Crippen molar-refractivity contribution in [1.29, 1.82) is 0 Å². The predicted molar refractivity (Wildman–Crippen MR) is 138 cm³/mol. The molecule has 174 valence electrons. The van der Waals surface area contributed by atoms with Crippen molar-refractivity contribution in [2.24, 2.45) is 0 Å². The lowest BCUT2D eigenvalue weighted by molar-refractivity contribution is 0.396.